The number of aliphatic hydroxyl groups is 1. The molecule has 0 amide bonds. The lowest BCUT2D eigenvalue weighted by molar-refractivity contribution is -0.0314. The summed E-state index contributed by atoms with van der Waals surface area (Å²) in [6, 6.07) is 4.62. The Morgan fingerprint density at radius 2 is 2.19 bits per heavy atom. The van der Waals surface area contributed by atoms with Crippen LogP contribution in [0.2, 0.25) is 0 Å². The summed E-state index contributed by atoms with van der Waals surface area (Å²) in [6.45, 7) is 1.15. The normalized spacial score (nSPS) is 18.2. The van der Waals surface area contributed by atoms with Crippen LogP contribution in [0.1, 0.15) is 24.8 Å². The fourth-order valence-corrected chi connectivity index (χ4v) is 2.26. The fraction of sp³-hybridized carbons (Fsp3) is 0.500. The molecule has 0 radical (unpaired) electrons. The van der Waals surface area contributed by atoms with Gasteiger partial charge in [0.05, 0.1) is 5.60 Å². The first-order valence-electron chi connectivity index (χ1n) is 5.46. The molecule has 2 N–H and O–H groups in total. The SMILES string of the molecule is OC1(CNCc2cc(F)ccc2Br)CCC1. The van der Waals surface area contributed by atoms with E-state index < -0.39 is 5.60 Å². The van der Waals surface area contributed by atoms with Crippen molar-refractivity contribution in [3.05, 3.63) is 34.1 Å². The van der Waals surface area contributed by atoms with E-state index >= 15 is 0 Å². The van der Waals surface area contributed by atoms with Crippen LogP contribution < -0.4 is 5.32 Å². The van der Waals surface area contributed by atoms with Crippen LogP contribution in [0.4, 0.5) is 4.39 Å². The Bertz CT molecular complexity index is 379. The van der Waals surface area contributed by atoms with Crippen LogP contribution in [-0.4, -0.2) is 17.3 Å². The van der Waals surface area contributed by atoms with Gasteiger partial charge in [0.1, 0.15) is 5.82 Å². The Balaban J connectivity index is 1.87. The Morgan fingerprint density at radius 3 is 2.81 bits per heavy atom. The molecule has 2 rings (SSSR count). The maximum absolute atomic E-state index is 13.0. The molecule has 4 heteroatoms. The third-order valence-corrected chi connectivity index (χ3v) is 3.84. The minimum Gasteiger partial charge on any atom is -0.389 e. The van der Waals surface area contributed by atoms with Crippen LogP contribution in [0.5, 0.6) is 0 Å². The molecule has 0 bridgehead atoms. The van der Waals surface area contributed by atoms with Gasteiger partial charge in [-0.3, -0.25) is 0 Å². The molecule has 1 aliphatic carbocycles. The van der Waals surface area contributed by atoms with Gasteiger partial charge < -0.3 is 10.4 Å². The lowest BCUT2D eigenvalue weighted by atomic mass is 9.80. The van der Waals surface area contributed by atoms with Crippen molar-refractivity contribution in [2.45, 2.75) is 31.4 Å². The van der Waals surface area contributed by atoms with E-state index in [-0.39, 0.29) is 5.82 Å². The third-order valence-electron chi connectivity index (χ3n) is 3.06. The lowest BCUT2D eigenvalue weighted by Gasteiger charge is -2.36. The molecule has 16 heavy (non-hydrogen) atoms. The molecule has 0 spiro atoms. The van der Waals surface area contributed by atoms with Crippen molar-refractivity contribution in [1.29, 1.82) is 0 Å². The molecule has 0 heterocycles. The Labute approximate surface area is 103 Å². The van der Waals surface area contributed by atoms with Crippen molar-refractivity contribution in [2.75, 3.05) is 6.54 Å². The standard InChI is InChI=1S/C12H15BrFNO/c13-11-3-2-10(14)6-9(11)7-15-8-12(16)4-1-5-12/h2-3,6,15-16H,1,4-5,7-8H2. The topological polar surface area (TPSA) is 32.3 Å². The number of rotatable bonds is 4. The zero-order chi connectivity index (χ0) is 11.6. The highest BCUT2D eigenvalue weighted by Crippen LogP contribution is 2.30. The second-order valence-corrected chi connectivity index (χ2v) is 5.27. The summed E-state index contributed by atoms with van der Waals surface area (Å²) >= 11 is 3.37. The second kappa shape index (κ2) is 4.82. The molecule has 2 nitrogen and oxygen atoms in total. The number of benzene rings is 1. The molecule has 0 aromatic heterocycles. The smallest absolute Gasteiger partial charge is 0.123 e. The van der Waals surface area contributed by atoms with Crippen LogP contribution >= 0.6 is 15.9 Å². The molecule has 0 saturated heterocycles. The molecule has 0 unspecified atom stereocenters. The summed E-state index contributed by atoms with van der Waals surface area (Å²) in [5.41, 5.74) is 0.350. The largest absolute Gasteiger partial charge is 0.389 e. The lowest BCUT2D eigenvalue weighted by Crippen LogP contribution is -2.46. The van der Waals surface area contributed by atoms with Crippen LogP contribution in [0.25, 0.3) is 0 Å². The summed E-state index contributed by atoms with van der Waals surface area (Å²) in [6.07, 6.45) is 2.83. The number of halogens is 2. The van der Waals surface area contributed by atoms with Gasteiger partial charge in [-0.25, -0.2) is 4.39 Å². The van der Waals surface area contributed by atoms with Crippen LogP contribution in [0.15, 0.2) is 22.7 Å². The molecule has 88 valence electrons. The summed E-state index contributed by atoms with van der Waals surface area (Å²) in [4.78, 5) is 0. The van der Waals surface area contributed by atoms with Gasteiger partial charge in [0.25, 0.3) is 0 Å². The van der Waals surface area contributed by atoms with E-state index in [1.165, 1.54) is 12.1 Å². The second-order valence-electron chi connectivity index (χ2n) is 4.42. The highest BCUT2D eigenvalue weighted by Gasteiger charge is 2.33. The summed E-state index contributed by atoms with van der Waals surface area (Å²) in [5, 5.41) is 13.0. The van der Waals surface area contributed by atoms with Gasteiger partial charge in [-0.15, -0.1) is 0 Å². The number of nitrogens with one attached hydrogen (secondary N) is 1. The van der Waals surface area contributed by atoms with Crippen molar-refractivity contribution in [1.82, 2.24) is 5.32 Å². The zero-order valence-electron chi connectivity index (χ0n) is 8.97. The van der Waals surface area contributed by atoms with Gasteiger partial charge in [-0.2, -0.15) is 0 Å². The molecule has 1 saturated carbocycles. The average Bonchev–Trinajstić information content (AvgIpc) is 2.21. The van der Waals surface area contributed by atoms with Crippen LogP contribution in [0, 0.1) is 5.82 Å². The first-order chi connectivity index (χ1) is 7.59. The third kappa shape index (κ3) is 2.81. The minimum absolute atomic E-state index is 0.234. The first-order valence-corrected chi connectivity index (χ1v) is 6.25. The summed E-state index contributed by atoms with van der Waals surface area (Å²) in [5.74, 6) is -0.234. The molecule has 0 aliphatic heterocycles. The molecule has 1 aliphatic rings. The van der Waals surface area contributed by atoms with E-state index in [1.807, 2.05) is 0 Å². The summed E-state index contributed by atoms with van der Waals surface area (Å²) in [7, 11) is 0. The van der Waals surface area contributed by atoms with E-state index in [0.29, 0.717) is 13.1 Å². The molecule has 0 atom stereocenters. The van der Waals surface area contributed by atoms with E-state index in [0.717, 1.165) is 29.3 Å². The van der Waals surface area contributed by atoms with E-state index in [1.54, 1.807) is 6.07 Å². The van der Waals surface area contributed by atoms with Crippen LogP contribution in [0.3, 0.4) is 0 Å². The predicted octanol–water partition coefficient (Wildman–Crippen LogP) is 2.59. The highest BCUT2D eigenvalue weighted by atomic mass is 79.9. The van der Waals surface area contributed by atoms with Crippen molar-refractivity contribution in [3.8, 4) is 0 Å². The van der Waals surface area contributed by atoms with Gasteiger partial charge >= 0.3 is 0 Å². The van der Waals surface area contributed by atoms with Crippen molar-refractivity contribution >= 4 is 15.9 Å². The number of hydrogen-bond donors (Lipinski definition) is 2. The van der Waals surface area contributed by atoms with E-state index in [9.17, 15) is 9.50 Å². The van der Waals surface area contributed by atoms with Gasteiger partial charge in [0.15, 0.2) is 0 Å². The molecular formula is C12H15BrFNO. The highest BCUT2D eigenvalue weighted by molar-refractivity contribution is 9.10. The quantitative estimate of drug-likeness (QED) is 0.892. The monoisotopic (exact) mass is 287 g/mol. The van der Waals surface area contributed by atoms with Crippen molar-refractivity contribution in [3.63, 3.8) is 0 Å². The predicted molar refractivity (Wildman–Crippen MR) is 64.6 cm³/mol. The van der Waals surface area contributed by atoms with E-state index in [4.69, 9.17) is 0 Å². The Kier molecular flexibility index (Phi) is 3.62. The summed E-state index contributed by atoms with van der Waals surface area (Å²) < 4.78 is 13.9. The van der Waals surface area contributed by atoms with Crippen molar-refractivity contribution in [2.24, 2.45) is 0 Å². The number of hydrogen-bond acceptors (Lipinski definition) is 2. The zero-order valence-corrected chi connectivity index (χ0v) is 10.6. The Morgan fingerprint density at radius 1 is 1.44 bits per heavy atom. The maximum atomic E-state index is 13.0. The van der Waals surface area contributed by atoms with E-state index in [2.05, 4.69) is 21.2 Å². The molecular weight excluding hydrogens is 273 g/mol. The maximum Gasteiger partial charge on any atom is 0.123 e. The minimum atomic E-state index is -0.528. The average molecular weight is 288 g/mol. The van der Waals surface area contributed by atoms with Gasteiger partial charge in [0.2, 0.25) is 0 Å². The Hall–Kier alpha value is -0.450. The first kappa shape index (κ1) is 12.0. The molecule has 1 aromatic rings. The fourth-order valence-electron chi connectivity index (χ4n) is 1.87. The molecule has 1 fully saturated rings. The van der Waals surface area contributed by atoms with Crippen molar-refractivity contribution < 1.29 is 9.50 Å². The van der Waals surface area contributed by atoms with Crippen LogP contribution in [-0.2, 0) is 6.54 Å². The van der Waals surface area contributed by atoms with Gasteiger partial charge in [0, 0.05) is 17.6 Å². The van der Waals surface area contributed by atoms with Gasteiger partial charge in [-0.1, -0.05) is 15.9 Å². The van der Waals surface area contributed by atoms with Gasteiger partial charge in [-0.05, 0) is 43.0 Å². The molecule has 1 aromatic carbocycles.